The number of nitrogens with zero attached hydrogens (tertiary/aromatic N) is 1. The molecule has 108 valence electrons. The Morgan fingerprint density at radius 1 is 1.20 bits per heavy atom. The number of carbonyl (C=O) groups excluding carboxylic acids is 2. The number of carbonyl (C=O) groups is 2. The Morgan fingerprint density at radius 2 is 1.80 bits per heavy atom. The molecule has 1 heterocycles. The van der Waals surface area contributed by atoms with E-state index in [1.807, 2.05) is 12.1 Å². The maximum Gasteiger partial charge on any atom is 0.248 e. The van der Waals surface area contributed by atoms with Crippen molar-refractivity contribution in [3.8, 4) is 0 Å². The van der Waals surface area contributed by atoms with E-state index in [1.54, 1.807) is 18.7 Å². The molecular formula is C16H22N2O2. The van der Waals surface area contributed by atoms with E-state index in [1.165, 1.54) is 5.56 Å². The van der Waals surface area contributed by atoms with Crippen LogP contribution in [-0.2, 0) is 16.1 Å². The quantitative estimate of drug-likeness (QED) is 0.917. The Bertz CT molecular complexity index is 518. The molecule has 1 aliphatic rings. The first-order chi connectivity index (χ1) is 9.29. The lowest BCUT2D eigenvalue weighted by atomic mass is 9.99. The Balaban J connectivity index is 2.12. The number of hydrogen-bond acceptors (Lipinski definition) is 2. The molecular weight excluding hydrogens is 252 g/mol. The molecule has 20 heavy (non-hydrogen) atoms. The number of amides is 2. The van der Waals surface area contributed by atoms with Gasteiger partial charge in [0.25, 0.3) is 0 Å². The Kier molecular flexibility index (Phi) is 3.84. The molecule has 1 aromatic carbocycles. The highest BCUT2D eigenvalue weighted by molar-refractivity contribution is 5.97. The van der Waals surface area contributed by atoms with Gasteiger partial charge in [0.2, 0.25) is 11.8 Å². The molecule has 4 heteroatoms. The smallest absolute Gasteiger partial charge is 0.248 e. The third-order valence-corrected chi connectivity index (χ3v) is 3.63. The van der Waals surface area contributed by atoms with Gasteiger partial charge in [-0.15, -0.1) is 0 Å². The van der Waals surface area contributed by atoms with Crippen LogP contribution in [0.4, 0.5) is 0 Å². The maximum absolute atomic E-state index is 12.3. The predicted octanol–water partition coefficient (Wildman–Crippen LogP) is 2.05. The Morgan fingerprint density at radius 3 is 2.35 bits per heavy atom. The molecule has 0 unspecified atom stereocenters. The van der Waals surface area contributed by atoms with Gasteiger partial charge in [-0.2, -0.15) is 0 Å². The fourth-order valence-corrected chi connectivity index (χ4v) is 2.44. The van der Waals surface area contributed by atoms with E-state index in [4.69, 9.17) is 0 Å². The van der Waals surface area contributed by atoms with Crippen LogP contribution < -0.4 is 5.32 Å². The standard InChI is InChI=1S/C16H22N2O2/c1-11(2)13-7-5-12(6-8-13)9-18-10-14(19)17-16(3,4)15(18)20/h5-8,11H,9-10H2,1-4H3,(H,17,19). The first-order valence-electron chi connectivity index (χ1n) is 6.99. The average Bonchev–Trinajstić information content (AvgIpc) is 2.35. The van der Waals surface area contributed by atoms with Gasteiger partial charge in [-0.1, -0.05) is 38.1 Å². The molecule has 2 rings (SSSR count). The molecule has 1 N–H and O–H groups in total. The summed E-state index contributed by atoms with van der Waals surface area (Å²) in [5.74, 6) is 0.351. The summed E-state index contributed by atoms with van der Waals surface area (Å²) < 4.78 is 0. The van der Waals surface area contributed by atoms with Crippen LogP contribution in [0.2, 0.25) is 0 Å². The van der Waals surface area contributed by atoms with E-state index in [9.17, 15) is 9.59 Å². The van der Waals surface area contributed by atoms with Gasteiger partial charge in [-0.05, 0) is 30.9 Å². The molecule has 0 aliphatic carbocycles. The molecule has 0 atom stereocenters. The van der Waals surface area contributed by atoms with Crippen molar-refractivity contribution in [2.45, 2.75) is 45.7 Å². The van der Waals surface area contributed by atoms with Gasteiger partial charge in [-0.3, -0.25) is 9.59 Å². The van der Waals surface area contributed by atoms with Gasteiger partial charge in [0.1, 0.15) is 5.54 Å². The van der Waals surface area contributed by atoms with Crippen LogP contribution in [0.3, 0.4) is 0 Å². The highest BCUT2D eigenvalue weighted by Crippen LogP contribution is 2.18. The molecule has 0 saturated carbocycles. The van der Waals surface area contributed by atoms with E-state index in [-0.39, 0.29) is 18.4 Å². The zero-order chi connectivity index (χ0) is 14.9. The van der Waals surface area contributed by atoms with Crippen molar-refractivity contribution >= 4 is 11.8 Å². The first-order valence-corrected chi connectivity index (χ1v) is 6.99. The second kappa shape index (κ2) is 5.27. The van der Waals surface area contributed by atoms with Crippen molar-refractivity contribution in [1.82, 2.24) is 10.2 Å². The third kappa shape index (κ3) is 3.00. The topological polar surface area (TPSA) is 49.4 Å². The van der Waals surface area contributed by atoms with Crippen molar-refractivity contribution in [2.75, 3.05) is 6.54 Å². The zero-order valence-corrected chi connectivity index (χ0v) is 12.6. The highest BCUT2D eigenvalue weighted by atomic mass is 16.2. The van der Waals surface area contributed by atoms with Gasteiger partial charge in [-0.25, -0.2) is 0 Å². The van der Waals surface area contributed by atoms with Gasteiger partial charge in [0, 0.05) is 6.54 Å². The summed E-state index contributed by atoms with van der Waals surface area (Å²) in [5, 5.41) is 2.72. The van der Waals surface area contributed by atoms with Crippen molar-refractivity contribution in [3.05, 3.63) is 35.4 Å². The average molecular weight is 274 g/mol. The molecule has 1 saturated heterocycles. The normalized spacial score (nSPS) is 18.4. The summed E-state index contributed by atoms with van der Waals surface area (Å²) in [5.41, 5.74) is 1.51. The molecule has 0 aromatic heterocycles. The van der Waals surface area contributed by atoms with Gasteiger partial charge < -0.3 is 10.2 Å². The van der Waals surface area contributed by atoms with Crippen molar-refractivity contribution in [2.24, 2.45) is 0 Å². The summed E-state index contributed by atoms with van der Waals surface area (Å²) >= 11 is 0. The predicted molar refractivity (Wildman–Crippen MR) is 78.2 cm³/mol. The number of piperazine rings is 1. The second-order valence-corrected chi connectivity index (χ2v) is 6.23. The minimum Gasteiger partial charge on any atom is -0.341 e. The Labute approximate surface area is 120 Å². The summed E-state index contributed by atoms with van der Waals surface area (Å²) in [6.07, 6.45) is 0. The highest BCUT2D eigenvalue weighted by Gasteiger charge is 2.38. The molecule has 2 amide bonds. The lowest BCUT2D eigenvalue weighted by Gasteiger charge is -2.37. The summed E-state index contributed by atoms with van der Waals surface area (Å²) in [6, 6.07) is 8.23. The van der Waals surface area contributed by atoms with Crippen LogP contribution >= 0.6 is 0 Å². The van der Waals surface area contributed by atoms with Crippen LogP contribution in [0, 0.1) is 0 Å². The van der Waals surface area contributed by atoms with Crippen molar-refractivity contribution in [3.63, 3.8) is 0 Å². The second-order valence-electron chi connectivity index (χ2n) is 6.23. The van der Waals surface area contributed by atoms with Gasteiger partial charge in [0.15, 0.2) is 0 Å². The lowest BCUT2D eigenvalue weighted by molar-refractivity contribution is -0.148. The molecule has 0 spiro atoms. The maximum atomic E-state index is 12.3. The van der Waals surface area contributed by atoms with Crippen molar-refractivity contribution < 1.29 is 9.59 Å². The minimum atomic E-state index is -0.812. The van der Waals surface area contributed by atoms with Crippen molar-refractivity contribution in [1.29, 1.82) is 0 Å². The van der Waals surface area contributed by atoms with Gasteiger partial charge in [0.05, 0.1) is 6.54 Å². The molecule has 0 radical (unpaired) electrons. The SMILES string of the molecule is CC(C)c1ccc(CN2CC(=O)NC(C)(C)C2=O)cc1. The molecule has 0 bridgehead atoms. The van der Waals surface area contributed by atoms with Crippen LogP contribution in [-0.4, -0.2) is 28.8 Å². The first kappa shape index (κ1) is 14.6. The van der Waals surface area contributed by atoms with Crippen LogP contribution in [0.1, 0.15) is 44.7 Å². The molecule has 1 fully saturated rings. The van der Waals surface area contributed by atoms with E-state index in [2.05, 4.69) is 31.3 Å². The third-order valence-electron chi connectivity index (χ3n) is 3.63. The van der Waals surface area contributed by atoms with Crippen LogP contribution in [0.5, 0.6) is 0 Å². The van der Waals surface area contributed by atoms with Crippen LogP contribution in [0.15, 0.2) is 24.3 Å². The largest absolute Gasteiger partial charge is 0.341 e. The molecule has 1 aromatic rings. The molecule has 4 nitrogen and oxygen atoms in total. The van der Waals surface area contributed by atoms with E-state index >= 15 is 0 Å². The summed E-state index contributed by atoms with van der Waals surface area (Å²) in [6.45, 7) is 8.39. The number of benzene rings is 1. The Hall–Kier alpha value is -1.84. The number of rotatable bonds is 3. The summed E-state index contributed by atoms with van der Waals surface area (Å²) in [4.78, 5) is 25.6. The fourth-order valence-electron chi connectivity index (χ4n) is 2.44. The van der Waals surface area contributed by atoms with Gasteiger partial charge >= 0.3 is 0 Å². The van der Waals surface area contributed by atoms with E-state index < -0.39 is 5.54 Å². The van der Waals surface area contributed by atoms with E-state index in [0.717, 1.165) is 5.56 Å². The van der Waals surface area contributed by atoms with Crippen LogP contribution in [0.25, 0.3) is 0 Å². The number of nitrogens with one attached hydrogen (secondary N) is 1. The monoisotopic (exact) mass is 274 g/mol. The lowest BCUT2D eigenvalue weighted by Crippen LogP contribution is -2.63. The number of hydrogen-bond donors (Lipinski definition) is 1. The summed E-state index contributed by atoms with van der Waals surface area (Å²) in [7, 11) is 0. The van der Waals surface area contributed by atoms with E-state index in [0.29, 0.717) is 12.5 Å². The molecule has 1 aliphatic heterocycles. The fraction of sp³-hybridized carbons (Fsp3) is 0.500. The zero-order valence-electron chi connectivity index (χ0n) is 12.6. The minimum absolute atomic E-state index is 0.0370.